The lowest BCUT2D eigenvalue weighted by Crippen LogP contribution is -2.52. The molecule has 0 aliphatic carbocycles. The molecule has 4 nitrogen and oxygen atoms in total. The summed E-state index contributed by atoms with van der Waals surface area (Å²) in [6.07, 6.45) is -5.27. The molecule has 7 heteroatoms. The van der Waals surface area contributed by atoms with E-state index in [9.17, 15) is 28.2 Å². The molecule has 0 aromatic heterocycles. The van der Waals surface area contributed by atoms with E-state index in [1.165, 1.54) is 0 Å². The maximum atomic E-state index is 13.2. The Balaban J connectivity index is 3.76. The second-order valence-corrected chi connectivity index (χ2v) is 5.89. The third-order valence-corrected chi connectivity index (χ3v) is 3.60. The lowest BCUT2D eigenvalue weighted by atomic mass is 9.84. The Morgan fingerprint density at radius 1 is 1.09 bits per heavy atom. The molecule has 1 aromatic rings. The summed E-state index contributed by atoms with van der Waals surface area (Å²) in [5.74, 6) is -2.65. The normalized spacial score (nSPS) is 15.2. The van der Waals surface area contributed by atoms with Crippen LogP contribution in [0.2, 0.25) is 0 Å². The summed E-state index contributed by atoms with van der Waals surface area (Å²) in [5, 5.41) is 20.1. The van der Waals surface area contributed by atoms with Gasteiger partial charge in [0, 0.05) is 5.56 Å². The van der Waals surface area contributed by atoms with E-state index in [2.05, 4.69) is 0 Å². The van der Waals surface area contributed by atoms with Crippen molar-refractivity contribution < 1.29 is 28.2 Å². The van der Waals surface area contributed by atoms with Crippen molar-refractivity contribution in [3.05, 3.63) is 28.8 Å². The van der Waals surface area contributed by atoms with Gasteiger partial charge in [0.2, 0.25) is 0 Å². The van der Waals surface area contributed by atoms with E-state index in [1.54, 1.807) is 27.7 Å². The van der Waals surface area contributed by atoms with Crippen molar-refractivity contribution in [2.75, 3.05) is 0 Å². The number of rotatable bonds is 4. The van der Waals surface area contributed by atoms with Crippen LogP contribution in [-0.2, 0) is 10.4 Å². The Morgan fingerprint density at radius 2 is 1.45 bits per heavy atom. The first-order chi connectivity index (χ1) is 9.84. The number of hydrogen-bond donors (Lipinski definition) is 3. The van der Waals surface area contributed by atoms with Crippen molar-refractivity contribution >= 4 is 5.91 Å². The van der Waals surface area contributed by atoms with E-state index < -0.39 is 23.2 Å². The maximum absolute atomic E-state index is 13.2. The number of aromatic hydroxyl groups is 1. The average Bonchev–Trinajstić information content (AvgIpc) is 2.35. The van der Waals surface area contributed by atoms with Crippen LogP contribution in [-0.4, -0.2) is 22.3 Å². The molecular weight excluding hydrogens is 299 g/mol. The quantitative estimate of drug-likeness (QED) is 0.798. The van der Waals surface area contributed by atoms with Crippen molar-refractivity contribution in [3.8, 4) is 5.75 Å². The molecule has 0 radical (unpaired) electrons. The van der Waals surface area contributed by atoms with E-state index in [1.807, 2.05) is 0 Å². The third kappa shape index (κ3) is 2.90. The van der Waals surface area contributed by atoms with Gasteiger partial charge in [0.05, 0.1) is 0 Å². The Bertz CT molecular complexity index is 553. The summed E-state index contributed by atoms with van der Waals surface area (Å²) < 4.78 is 39.6. The van der Waals surface area contributed by atoms with E-state index in [0.29, 0.717) is 0 Å². The van der Waals surface area contributed by atoms with E-state index >= 15 is 0 Å². The predicted octanol–water partition coefficient (Wildman–Crippen LogP) is 2.87. The largest absolute Gasteiger partial charge is 0.507 e. The van der Waals surface area contributed by atoms with Crippen LogP contribution in [0.3, 0.4) is 0 Å². The lowest BCUT2D eigenvalue weighted by Gasteiger charge is -2.29. The zero-order valence-electron chi connectivity index (χ0n) is 12.8. The molecule has 124 valence electrons. The molecule has 1 rings (SSSR count). The molecule has 0 aliphatic heterocycles. The highest BCUT2D eigenvalue weighted by atomic mass is 19.4. The summed E-state index contributed by atoms with van der Waals surface area (Å²) >= 11 is 0. The van der Waals surface area contributed by atoms with Gasteiger partial charge in [0.25, 0.3) is 11.5 Å². The number of halogens is 3. The molecule has 0 spiro atoms. The fourth-order valence-corrected chi connectivity index (χ4v) is 2.21. The van der Waals surface area contributed by atoms with Crippen LogP contribution in [0, 0.1) is 0 Å². The first-order valence-corrected chi connectivity index (χ1v) is 6.80. The van der Waals surface area contributed by atoms with Gasteiger partial charge in [-0.3, -0.25) is 4.79 Å². The highest BCUT2D eigenvalue weighted by Gasteiger charge is 2.60. The summed E-state index contributed by atoms with van der Waals surface area (Å²) in [4.78, 5) is 11.3. The zero-order chi connectivity index (χ0) is 17.5. The van der Waals surface area contributed by atoms with Gasteiger partial charge in [-0.1, -0.05) is 27.7 Å². The number of primary amides is 1. The molecule has 0 fully saturated rings. The SMILES string of the molecule is CC(C)c1cc([C@](O)(C(N)=O)C(F)(F)F)cc(C(C)C)c1O. The second-order valence-electron chi connectivity index (χ2n) is 5.89. The molecule has 0 bridgehead atoms. The van der Waals surface area contributed by atoms with Crippen molar-refractivity contribution in [2.24, 2.45) is 5.73 Å². The van der Waals surface area contributed by atoms with Gasteiger partial charge in [-0.25, -0.2) is 0 Å². The van der Waals surface area contributed by atoms with Gasteiger partial charge in [-0.2, -0.15) is 13.2 Å². The van der Waals surface area contributed by atoms with Crippen molar-refractivity contribution in [1.82, 2.24) is 0 Å². The first kappa shape index (κ1) is 18.3. The Morgan fingerprint density at radius 3 is 1.68 bits per heavy atom. The Hall–Kier alpha value is -1.76. The number of hydrogen-bond acceptors (Lipinski definition) is 3. The van der Waals surface area contributed by atoms with Crippen LogP contribution in [0.5, 0.6) is 5.75 Å². The number of alkyl halides is 3. The standard InChI is InChI=1S/C15H20F3NO3/c1-7(2)10-5-9(6-11(8(3)4)12(10)20)14(22,13(19)21)15(16,17)18/h5-8,20,22H,1-4H3,(H2,19,21)/t14-/m0/s1. The van der Waals surface area contributed by atoms with E-state index in [-0.39, 0.29) is 28.7 Å². The number of benzene rings is 1. The number of phenols is 1. The van der Waals surface area contributed by atoms with Crippen LogP contribution in [0.4, 0.5) is 13.2 Å². The van der Waals surface area contributed by atoms with Gasteiger partial charge in [0.15, 0.2) is 0 Å². The Labute approximate surface area is 126 Å². The van der Waals surface area contributed by atoms with Crippen molar-refractivity contribution in [3.63, 3.8) is 0 Å². The molecule has 0 heterocycles. The fourth-order valence-electron chi connectivity index (χ4n) is 2.21. The summed E-state index contributed by atoms with van der Waals surface area (Å²) in [6.45, 7) is 6.72. The highest BCUT2D eigenvalue weighted by molar-refractivity contribution is 5.86. The number of phenolic OH excluding ortho intramolecular Hbond substituents is 1. The fraction of sp³-hybridized carbons (Fsp3) is 0.533. The van der Waals surface area contributed by atoms with Crippen LogP contribution >= 0.6 is 0 Å². The highest BCUT2D eigenvalue weighted by Crippen LogP contribution is 2.43. The minimum atomic E-state index is -5.27. The first-order valence-electron chi connectivity index (χ1n) is 6.80. The lowest BCUT2D eigenvalue weighted by molar-refractivity contribution is -0.255. The molecule has 4 N–H and O–H groups in total. The number of nitrogens with two attached hydrogens (primary N) is 1. The van der Waals surface area contributed by atoms with Crippen LogP contribution in [0.1, 0.15) is 56.2 Å². The monoisotopic (exact) mass is 319 g/mol. The van der Waals surface area contributed by atoms with Gasteiger partial charge >= 0.3 is 6.18 Å². The minimum absolute atomic E-state index is 0.136. The molecule has 0 saturated heterocycles. The molecule has 1 atom stereocenters. The molecule has 0 aliphatic rings. The summed E-state index contributed by atoms with van der Waals surface area (Å²) in [7, 11) is 0. The molecule has 0 saturated carbocycles. The van der Waals surface area contributed by atoms with Crippen molar-refractivity contribution in [1.29, 1.82) is 0 Å². The van der Waals surface area contributed by atoms with Gasteiger partial charge in [-0.05, 0) is 35.1 Å². The number of carbonyl (C=O) groups excluding carboxylic acids is 1. The van der Waals surface area contributed by atoms with Crippen LogP contribution < -0.4 is 5.73 Å². The average molecular weight is 319 g/mol. The number of carbonyl (C=O) groups is 1. The van der Waals surface area contributed by atoms with Gasteiger partial charge in [0.1, 0.15) is 5.75 Å². The van der Waals surface area contributed by atoms with Gasteiger partial charge < -0.3 is 15.9 Å². The third-order valence-electron chi connectivity index (χ3n) is 3.60. The zero-order valence-corrected chi connectivity index (χ0v) is 12.8. The summed E-state index contributed by atoms with van der Waals surface area (Å²) in [6, 6.07) is 1.95. The number of aliphatic hydroxyl groups is 1. The maximum Gasteiger partial charge on any atom is 0.430 e. The van der Waals surface area contributed by atoms with Crippen LogP contribution in [0.15, 0.2) is 12.1 Å². The van der Waals surface area contributed by atoms with Crippen LogP contribution in [0.25, 0.3) is 0 Å². The predicted molar refractivity (Wildman–Crippen MR) is 75.4 cm³/mol. The minimum Gasteiger partial charge on any atom is -0.507 e. The van der Waals surface area contributed by atoms with E-state index in [0.717, 1.165) is 12.1 Å². The molecule has 1 aromatic carbocycles. The van der Waals surface area contributed by atoms with Gasteiger partial charge in [-0.15, -0.1) is 0 Å². The molecular formula is C15H20F3NO3. The smallest absolute Gasteiger partial charge is 0.430 e. The molecule has 1 amide bonds. The van der Waals surface area contributed by atoms with Crippen molar-refractivity contribution in [2.45, 2.75) is 51.3 Å². The Kier molecular flexibility index (Phi) is 4.82. The summed E-state index contributed by atoms with van der Waals surface area (Å²) in [5.41, 5.74) is 0.754. The number of amides is 1. The molecule has 0 unspecified atom stereocenters. The van der Waals surface area contributed by atoms with E-state index in [4.69, 9.17) is 5.73 Å². The molecule has 22 heavy (non-hydrogen) atoms. The second kappa shape index (κ2) is 5.79. The topological polar surface area (TPSA) is 83.5 Å².